The van der Waals surface area contributed by atoms with Crippen LogP contribution in [0.1, 0.15) is 0 Å². The summed E-state index contributed by atoms with van der Waals surface area (Å²) in [6.45, 7) is 0. The lowest BCUT2D eigenvalue weighted by Crippen LogP contribution is -2.07. The Balaban J connectivity index is -0.0000000801. The van der Waals surface area contributed by atoms with Crippen LogP contribution in [0.4, 0.5) is 0 Å². The molecule has 0 amide bonds. The molecule has 2 aromatic rings. The molecule has 0 spiro atoms. The largest absolute Gasteiger partial charge is 0.631 e. The van der Waals surface area contributed by atoms with Gasteiger partial charge in [0.1, 0.15) is 0 Å². The van der Waals surface area contributed by atoms with Crippen LogP contribution in [0.15, 0.2) is 72.8 Å². The summed E-state index contributed by atoms with van der Waals surface area (Å²) in [4.78, 5) is 0. The molecular formula is C12H26B4O13. The zero-order chi connectivity index (χ0) is 22.8. The van der Waals surface area contributed by atoms with Crippen molar-refractivity contribution in [2.45, 2.75) is 0 Å². The second-order valence-corrected chi connectivity index (χ2v) is 3.70. The van der Waals surface area contributed by atoms with E-state index in [-0.39, 0.29) is 5.48 Å². The minimum absolute atomic E-state index is 0. The summed E-state index contributed by atoms with van der Waals surface area (Å²) >= 11 is 0. The molecule has 29 heavy (non-hydrogen) atoms. The Morgan fingerprint density at radius 3 is 0.310 bits per heavy atom. The van der Waals surface area contributed by atoms with E-state index >= 15 is 0 Å². The van der Waals surface area contributed by atoms with Gasteiger partial charge in [-0.1, -0.05) is 72.8 Å². The standard InChI is InChI=1S/2C6H6.4BH3O3.H2O/c2*1-2-4-6-5-3-1;4*2-1(3)4;/h2*1-6H;4*2-4H;1H2. The minimum Gasteiger partial charge on any atom is -0.412 e. The van der Waals surface area contributed by atoms with Gasteiger partial charge in [-0.25, -0.2) is 0 Å². The predicted octanol–water partition coefficient (Wildman–Crippen LogP) is -5.66. The molecule has 2 rings (SSSR count). The highest BCUT2D eigenvalue weighted by Gasteiger charge is 1.93. The maximum absolute atomic E-state index is 7.17. The summed E-state index contributed by atoms with van der Waals surface area (Å²) in [5, 5.41) is 86.0. The van der Waals surface area contributed by atoms with Crippen molar-refractivity contribution in [3.63, 3.8) is 0 Å². The fourth-order valence-electron chi connectivity index (χ4n) is 0.770. The fraction of sp³-hybridized carbons (Fsp3) is 0. The molecule has 0 unspecified atom stereocenters. The van der Waals surface area contributed by atoms with Gasteiger partial charge in [-0.15, -0.1) is 0 Å². The van der Waals surface area contributed by atoms with Crippen LogP contribution >= 0.6 is 0 Å². The first kappa shape index (κ1) is 37.9. The summed E-state index contributed by atoms with van der Waals surface area (Å²) in [7, 11) is -8.67. The maximum atomic E-state index is 7.17. The van der Waals surface area contributed by atoms with Gasteiger partial charge in [0.15, 0.2) is 0 Å². The van der Waals surface area contributed by atoms with Crippen LogP contribution in [0.3, 0.4) is 0 Å². The van der Waals surface area contributed by atoms with Crippen LogP contribution in [-0.4, -0.2) is 95.0 Å². The fourth-order valence-corrected chi connectivity index (χ4v) is 0.770. The van der Waals surface area contributed by atoms with E-state index in [1.807, 2.05) is 72.8 Å². The molecule has 13 nitrogen and oxygen atoms in total. The van der Waals surface area contributed by atoms with Crippen molar-refractivity contribution >= 4 is 29.3 Å². The molecule has 0 radical (unpaired) electrons. The minimum atomic E-state index is -2.17. The highest BCUT2D eigenvalue weighted by Crippen LogP contribution is 1.80. The van der Waals surface area contributed by atoms with Crippen LogP contribution in [0.5, 0.6) is 0 Å². The Hall–Kier alpha value is -1.82. The molecule has 0 bridgehead atoms. The van der Waals surface area contributed by atoms with Crippen LogP contribution in [0.25, 0.3) is 0 Å². The molecule has 0 aliphatic heterocycles. The molecule has 164 valence electrons. The third-order valence-electron chi connectivity index (χ3n) is 1.33. The Kier molecular flexibility index (Phi) is 44.1. The molecule has 14 N–H and O–H groups in total. The van der Waals surface area contributed by atoms with Crippen molar-refractivity contribution in [3.8, 4) is 0 Å². The van der Waals surface area contributed by atoms with E-state index in [2.05, 4.69) is 0 Å². The third-order valence-corrected chi connectivity index (χ3v) is 1.33. The van der Waals surface area contributed by atoms with Gasteiger partial charge in [0.2, 0.25) is 0 Å². The molecule has 0 aliphatic carbocycles. The number of hydrogen-bond acceptors (Lipinski definition) is 12. The van der Waals surface area contributed by atoms with Crippen molar-refractivity contribution in [2.75, 3.05) is 0 Å². The normalized spacial score (nSPS) is 7.03. The highest BCUT2D eigenvalue weighted by atomic mass is 16.5. The van der Waals surface area contributed by atoms with Crippen molar-refractivity contribution in [1.82, 2.24) is 0 Å². The smallest absolute Gasteiger partial charge is 0.412 e. The van der Waals surface area contributed by atoms with E-state index in [0.717, 1.165) is 0 Å². The monoisotopic (exact) mass is 422 g/mol. The number of benzene rings is 2. The van der Waals surface area contributed by atoms with E-state index in [4.69, 9.17) is 60.3 Å². The average Bonchev–Trinajstić information content (AvgIpc) is 2.56. The molecule has 0 saturated heterocycles. The van der Waals surface area contributed by atoms with E-state index < -0.39 is 29.3 Å². The van der Waals surface area contributed by atoms with Crippen LogP contribution in [0, 0.1) is 0 Å². The summed E-state index contributed by atoms with van der Waals surface area (Å²) in [6.07, 6.45) is 0. The van der Waals surface area contributed by atoms with Gasteiger partial charge in [-0.05, 0) is 0 Å². The van der Waals surface area contributed by atoms with Crippen LogP contribution < -0.4 is 0 Å². The lowest BCUT2D eigenvalue weighted by Gasteiger charge is -1.69. The topological polar surface area (TPSA) is 274 Å². The first-order chi connectivity index (χ1) is 12.9. The molecule has 0 aliphatic rings. The zero-order valence-corrected chi connectivity index (χ0v) is 15.1. The first-order valence-electron chi connectivity index (χ1n) is 7.10. The summed E-state index contributed by atoms with van der Waals surface area (Å²) in [5.74, 6) is 0. The Labute approximate surface area is 168 Å². The molecule has 2 aromatic carbocycles. The van der Waals surface area contributed by atoms with Gasteiger partial charge in [0.25, 0.3) is 0 Å². The van der Waals surface area contributed by atoms with Crippen molar-refractivity contribution < 1.29 is 65.8 Å². The van der Waals surface area contributed by atoms with Gasteiger partial charge >= 0.3 is 29.3 Å². The van der Waals surface area contributed by atoms with Gasteiger partial charge in [-0.2, -0.15) is 0 Å². The number of hydrogen-bond donors (Lipinski definition) is 12. The van der Waals surface area contributed by atoms with E-state index in [0.29, 0.717) is 0 Å². The Morgan fingerprint density at radius 1 is 0.241 bits per heavy atom. The first-order valence-corrected chi connectivity index (χ1v) is 7.10. The van der Waals surface area contributed by atoms with Crippen LogP contribution in [-0.2, 0) is 0 Å². The molecule has 0 fully saturated rings. The summed E-state index contributed by atoms with van der Waals surface area (Å²) in [6, 6.07) is 24.0. The third kappa shape index (κ3) is 148. The second kappa shape index (κ2) is 33.7. The van der Waals surface area contributed by atoms with Crippen LogP contribution in [0.2, 0.25) is 0 Å². The van der Waals surface area contributed by atoms with Gasteiger partial charge in [0.05, 0.1) is 0 Å². The predicted molar refractivity (Wildman–Crippen MR) is 106 cm³/mol. The highest BCUT2D eigenvalue weighted by molar-refractivity contribution is 6.31. The Bertz CT molecular complexity index is 334. The SMILES string of the molecule is O.OB(O)O.OB(O)O.OB(O)O.OB(O)O.c1ccccc1.c1ccccc1. The lowest BCUT2D eigenvalue weighted by molar-refractivity contribution is 0.276. The number of rotatable bonds is 0. The van der Waals surface area contributed by atoms with E-state index in [9.17, 15) is 0 Å². The maximum Gasteiger partial charge on any atom is 0.631 e. The van der Waals surface area contributed by atoms with Gasteiger partial charge < -0.3 is 65.8 Å². The van der Waals surface area contributed by atoms with Crippen molar-refractivity contribution in [2.24, 2.45) is 0 Å². The molecular weight excluding hydrogens is 395 g/mol. The van der Waals surface area contributed by atoms with Gasteiger partial charge in [0, 0.05) is 0 Å². The summed E-state index contributed by atoms with van der Waals surface area (Å²) < 4.78 is 0. The summed E-state index contributed by atoms with van der Waals surface area (Å²) in [5.41, 5.74) is 0. The lowest BCUT2D eigenvalue weighted by atomic mass is 10.3. The van der Waals surface area contributed by atoms with E-state index in [1.54, 1.807) is 0 Å². The van der Waals surface area contributed by atoms with Crippen molar-refractivity contribution in [1.29, 1.82) is 0 Å². The quantitative estimate of drug-likeness (QED) is 0.177. The molecule has 0 atom stereocenters. The molecule has 0 heterocycles. The molecule has 0 aromatic heterocycles. The average molecular weight is 422 g/mol. The second-order valence-electron chi connectivity index (χ2n) is 3.70. The van der Waals surface area contributed by atoms with Crippen molar-refractivity contribution in [3.05, 3.63) is 72.8 Å². The zero-order valence-electron chi connectivity index (χ0n) is 15.1. The molecule has 0 saturated carbocycles. The van der Waals surface area contributed by atoms with E-state index in [1.165, 1.54) is 0 Å². The Morgan fingerprint density at radius 2 is 0.276 bits per heavy atom. The molecule has 17 heteroatoms. The van der Waals surface area contributed by atoms with Gasteiger partial charge in [-0.3, -0.25) is 0 Å².